The number of rotatable bonds is 82. The Hall–Kier alpha value is -2.46. The van der Waals surface area contributed by atoms with E-state index in [9.17, 15) is 43.2 Å². The fourth-order valence-electron chi connectivity index (χ4n) is 12.5. The van der Waals surface area contributed by atoms with Crippen LogP contribution in [0.3, 0.4) is 0 Å². The molecule has 0 heterocycles. The molecule has 0 aromatic rings. The van der Waals surface area contributed by atoms with Crippen molar-refractivity contribution in [3.63, 3.8) is 0 Å². The fourth-order valence-corrected chi connectivity index (χ4v) is 14.0. The normalized spacial score (nSPS) is 13.9. The first-order valence-electron chi connectivity index (χ1n) is 42.6. The average Bonchev–Trinajstić information content (AvgIpc) is 1.12. The molecule has 5 atom stereocenters. The molecular weight excluding hydrogens is 1330 g/mol. The lowest BCUT2D eigenvalue weighted by molar-refractivity contribution is -0.161. The highest BCUT2D eigenvalue weighted by atomic mass is 31.2. The zero-order chi connectivity index (χ0) is 74.6. The van der Waals surface area contributed by atoms with Gasteiger partial charge in [-0.15, -0.1) is 0 Å². The molecule has 0 aromatic heterocycles. The number of allylic oxidation sites excluding steroid dienone is 4. The first kappa shape index (κ1) is 99.5. The number of ether oxygens (including phenoxy) is 4. The number of aliphatic hydroxyl groups is 1. The molecule has 602 valence electrons. The maximum Gasteiger partial charge on any atom is 0.472 e. The van der Waals surface area contributed by atoms with E-state index in [1.54, 1.807) is 0 Å². The van der Waals surface area contributed by atoms with Crippen LogP contribution in [0.5, 0.6) is 0 Å². The number of phosphoric ester groups is 2. The summed E-state index contributed by atoms with van der Waals surface area (Å²) in [5, 5.41) is 10.6. The van der Waals surface area contributed by atoms with Crippen molar-refractivity contribution >= 4 is 39.5 Å². The van der Waals surface area contributed by atoms with Crippen LogP contribution in [0.4, 0.5) is 0 Å². The van der Waals surface area contributed by atoms with Crippen LogP contribution < -0.4 is 0 Å². The molecule has 0 amide bonds. The van der Waals surface area contributed by atoms with Crippen LogP contribution in [-0.2, 0) is 65.4 Å². The number of hydrogen-bond donors (Lipinski definition) is 3. The first-order valence-corrected chi connectivity index (χ1v) is 45.6. The summed E-state index contributed by atoms with van der Waals surface area (Å²) in [6.45, 7) is 4.94. The molecule has 0 aromatic carbocycles. The summed E-state index contributed by atoms with van der Waals surface area (Å²) in [5.74, 6) is -2.14. The Morgan fingerprint density at radius 1 is 0.275 bits per heavy atom. The standard InChI is InChI=1S/C83H158O17P2/c1-5-9-13-17-21-25-28-31-34-36-38-39-40-42-45-48-51-54-58-62-66-70-83(88)100-79(74-94-81(86)68-64-60-56-52-49-46-44-41-37-35-32-29-26-22-18-14-10-6-2)76-98-102(91,92)96-72-77(84)71-95-101(89,90)97-75-78(73-93-80(85)67-63-59-55-24-20-16-12-8-4)99-82(87)69-65-61-57-53-50-47-43-33-30-27-23-19-15-11-7-3/h27,30,33,43,77-79,84H,5-26,28-29,31-32,34-42,44-76H2,1-4H3,(H,89,90)(H,91,92)/b30-27-,43-33-/t77-,78+,79+/m0/s1. The summed E-state index contributed by atoms with van der Waals surface area (Å²) in [4.78, 5) is 73.0. The minimum Gasteiger partial charge on any atom is -0.462 e. The molecule has 102 heavy (non-hydrogen) atoms. The highest BCUT2D eigenvalue weighted by Crippen LogP contribution is 2.45. The predicted molar refractivity (Wildman–Crippen MR) is 418 cm³/mol. The zero-order valence-corrected chi connectivity index (χ0v) is 67.9. The maximum absolute atomic E-state index is 13.1. The lowest BCUT2D eigenvalue weighted by atomic mass is 10.0. The van der Waals surface area contributed by atoms with Crippen LogP contribution in [0.1, 0.15) is 426 Å². The summed E-state index contributed by atoms with van der Waals surface area (Å²) in [6, 6.07) is 0. The van der Waals surface area contributed by atoms with Crippen LogP contribution in [0.2, 0.25) is 0 Å². The molecule has 0 saturated heterocycles. The van der Waals surface area contributed by atoms with Gasteiger partial charge in [0.2, 0.25) is 0 Å². The Labute approximate surface area is 624 Å². The number of carbonyl (C=O) groups excluding carboxylic acids is 4. The predicted octanol–water partition coefficient (Wildman–Crippen LogP) is 24.9. The Kier molecular flexibility index (Phi) is 74.9. The Morgan fingerprint density at radius 3 is 0.716 bits per heavy atom. The van der Waals surface area contributed by atoms with Crippen molar-refractivity contribution in [2.75, 3.05) is 39.6 Å². The lowest BCUT2D eigenvalue weighted by Crippen LogP contribution is -2.30. The summed E-state index contributed by atoms with van der Waals surface area (Å²) in [7, 11) is -9.93. The van der Waals surface area contributed by atoms with Crippen LogP contribution in [0.15, 0.2) is 24.3 Å². The van der Waals surface area contributed by atoms with E-state index in [1.807, 2.05) is 0 Å². The minimum atomic E-state index is -4.97. The summed E-state index contributed by atoms with van der Waals surface area (Å²) in [5.41, 5.74) is 0. The monoisotopic (exact) mass is 1490 g/mol. The highest BCUT2D eigenvalue weighted by molar-refractivity contribution is 7.47. The number of phosphoric acid groups is 2. The molecule has 0 aliphatic heterocycles. The fraction of sp³-hybridized carbons (Fsp3) is 0.904. The van der Waals surface area contributed by atoms with Crippen LogP contribution in [-0.4, -0.2) is 96.7 Å². The van der Waals surface area contributed by atoms with Crippen molar-refractivity contribution in [3.05, 3.63) is 24.3 Å². The van der Waals surface area contributed by atoms with Gasteiger partial charge in [0.05, 0.1) is 26.4 Å². The number of aliphatic hydroxyl groups excluding tert-OH is 1. The van der Waals surface area contributed by atoms with Crippen molar-refractivity contribution < 1.29 is 80.2 Å². The third-order valence-corrected chi connectivity index (χ3v) is 20.9. The molecule has 0 aliphatic rings. The third-order valence-electron chi connectivity index (χ3n) is 19.0. The van der Waals surface area contributed by atoms with E-state index >= 15 is 0 Å². The van der Waals surface area contributed by atoms with Gasteiger partial charge in [-0.2, -0.15) is 0 Å². The lowest BCUT2D eigenvalue weighted by Gasteiger charge is -2.21. The number of hydrogen-bond acceptors (Lipinski definition) is 15. The topological polar surface area (TPSA) is 237 Å². The summed E-state index contributed by atoms with van der Waals surface area (Å²) in [6.07, 6.45) is 73.2. The van der Waals surface area contributed by atoms with E-state index in [0.29, 0.717) is 25.7 Å². The molecule has 17 nitrogen and oxygen atoms in total. The van der Waals surface area contributed by atoms with Crippen molar-refractivity contribution in [1.29, 1.82) is 0 Å². The van der Waals surface area contributed by atoms with Crippen LogP contribution in [0, 0.1) is 0 Å². The molecule has 3 N–H and O–H groups in total. The molecule has 0 aliphatic carbocycles. The van der Waals surface area contributed by atoms with Gasteiger partial charge in [0.25, 0.3) is 0 Å². The van der Waals surface area contributed by atoms with E-state index in [4.69, 9.17) is 37.0 Å². The van der Waals surface area contributed by atoms with Crippen molar-refractivity contribution in [1.82, 2.24) is 0 Å². The van der Waals surface area contributed by atoms with E-state index in [2.05, 4.69) is 52.0 Å². The highest BCUT2D eigenvalue weighted by Gasteiger charge is 2.30. The Balaban J connectivity index is 5.21. The Bertz CT molecular complexity index is 2020. The van der Waals surface area contributed by atoms with Gasteiger partial charge in [0.1, 0.15) is 19.3 Å². The second kappa shape index (κ2) is 76.7. The smallest absolute Gasteiger partial charge is 0.462 e. The van der Waals surface area contributed by atoms with Gasteiger partial charge in [-0.1, -0.05) is 373 Å². The molecule has 0 saturated carbocycles. The second-order valence-electron chi connectivity index (χ2n) is 29.2. The van der Waals surface area contributed by atoms with Crippen LogP contribution >= 0.6 is 15.6 Å². The van der Waals surface area contributed by atoms with Crippen LogP contribution in [0.25, 0.3) is 0 Å². The van der Waals surface area contributed by atoms with E-state index in [1.165, 1.54) is 238 Å². The van der Waals surface area contributed by atoms with Crippen molar-refractivity contribution in [3.8, 4) is 0 Å². The molecule has 0 fully saturated rings. The van der Waals surface area contributed by atoms with Gasteiger partial charge < -0.3 is 33.8 Å². The van der Waals surface area contributed by atoms with Gasteiger partial charge in [-0.3, -0.25) is 37.3 Å². The SMILES string of the molecule is CCCCCC/C=C\C=C/CCCCCCCC(=O)O[C@H](COC(=O)CCCCCCCCCC)COP(=O)(O)OC[C@H](O)COP(=O)(O)OC[C@@H](COC(=O)CCCCCCCCCCCCCCCCCCCC)OC(=O)CCCCCCCCCCCCCCCCCCCCCCC. The maximum atomic E-state index is 13.1. The number of carbonyl (C=O) groups is 4. The molecular formula is C83H158O17P2. The second-order valence-corrected chi connectivity index (χ2v) is 32.1. The van der Waals surface area contributed by atoms with Gasteiger partial charge in [0.15, 0.2) is 12.2 Å². The number of esters is 4. The van der Waals surface area contributed by atoms with Gasteiger partial charge in [0, 0.05) is 25.7 Å². The molecule has 19 heteroatoms. The van der Waals surface area contributed by atoms with E-state index in [0.717, 1.165) is 109 Å². The minimum absolute atomic E-state index is 0.0855. The van der Waals surface area contributed by atoms with Gasteiger partial charge >= 0.3 is 39.5 Å². The van der Waals surface area contributed by atoms with E-state index in [-0.39, 0.29) is 25.7 Å². The largest absolute Gasteiger partial charge is 0.472 e. The first-order chi connectivity index (χ1) is 49.7. The molecule has 0 bridgehead atoms. The van der Waals surface area contributed by atoms with Crippen molar-refractivity contribution in [2.24, 2.45) is 0 Å². The quantitative estimate of drug-likeness (QED) is 0.0169. The molecule has 2 unspecified atom stereocenters. The number of unbranched alkanes of at least 4 members (excludes halogenated alkanes) is 53. The molecule has 0 radical (unpaired) electrons. The average molecular weight is 1490 g/mol. The zero-order valence-electron chi connectivity index (χ0n) is 66.1. The third kappa shape index (κ3) is 75.8. The van der Waals surface area contributed by atoms with Gasteiger partial charge in [-0.05, 0) is 51.4 Å². The van der Waals surface area contributed by atoms with E-state index < -0.39 is 97.5 Å². The molecule has 0 rings (SSSR count). The van der Waals surface area contributed by atoms with Crippen molar-refractivity contribution in [2.45, 2.75) is 444 Å². The summed E-state index contributed by atoms with van der Waals surface area (Å²) < 4.78 is 68.6. The molecule has 0 spiro atoms. The Morgan fingerprint density at radius 2 is 0.471 bits per heavy atom. The van der Waals surface area contributed by atoms with Gasteiger partial charge in [-0.25, -0.2) is 9.13 Å². The summed E-state index contributed by atoms with van der Waals surface area (Å²) >= 11 is 0.